The van der Waals surface area contributed by atoms with Crippen molar-refractivity contribution in [2.75, 3.05) is 19.6 Å². The number of halogens is 2. The predicted molar refractivity (Wildman–Crippen MR) is 75.2 cm³/mol. The van der Waals surface area contributed by atoms with Crippen LogP contribution in [-0.4, -0.2) is 24.5 Å². The lowest BCUT2D eigenvalue weighted by Gasteiger charge is -2.20. The number of hydrogen-bond donors (Lipinski definition) is 1. The van der Waals surface area contributed by atoms with E-state index >= 15 is 0 Å². The zero-order chi connectivity index (χ0) is 14.1. The summed E-state index contributed by atoms with van der Waals surface area (Å²) in [5, 5.41) is 0. The summed E-state index contributed by atoms with van der Waals surface area (Å²) in [5.74, 6) is 0.112. The Balaban J connectivity index is 1.55. The van der Waals surface area contributed by atoms with Gasteiger partial charge in [-0.2, -0.15) is 0 Å². The molecular weight excluding hydrogens is 258 g/mol. The number of benzene rings is 1. The van der Waals surface area contributed by atoms with Crippen LogP contribution in [-0.2, 0) is 0 Å². The third-order valence-electron chi connectivity index (χ3n) is 4.94. The number of fused-ring (bicyclic) bond motifs is 1. The van der Waals surface area contributed by atoms with E-state index in [0.717, 1.165) is 37.5 Å². The standard InChI is InChI=1S/C16H22F2N2/c17-14-6-2-5-13(16(14)18)15(19)7-8-20-9-11-3-1-4-12(11)10-20/h2,5-6,11-12,15H,1,3-4,7-10,19H2. The van der Waals surface area contributed by atoms with Gasteiger partial charge < -0.3 is 10.6 Å². The summed E-state index contributed by atoms with van der Waals surface area (Å²) in [6.45, 7) is 3.19. The van der Waals surface area contributed by atoms with E-state index in [2.05, 4.69) is 4.90 Å². The van der Waals surface area contributed by atoms with Crippen molar-refractivity contribution in [2.24, 2.45) is 17.6 Å². The Bertz CT molecular complexity index is 466. The molecule has 4 heteroatoms. The Kier molecular flexibility index (Phi) is 4.03. The van der Waals surface area contributed by atoms with Gasteiger partial charge in [0.15, 0.2) is 11.6 Å². The molecule has 0 amide bonds. The highest BCUT2D eigenvalue weighted by Crippen LogP contribution is 2.37. The fourth-order valence-corrected chi connectivity index (χ4v) is 3.80. The molecule has 0 aromatic heterocycles. The molecule has 0 bridgehead atoms. The maximum atomic E-state index is 13.7. The molecule has 1 saturated heterocycles. The Morgan fingerprint density at radius 2 is 1.90 bits per heavy atom. The van der Waals surface area contributed by atoms with E-state index in [-0.39, 0.29) is 0 Å². The first-order valence-electron chi connectivity index (χ1n) is 7.57. The van der Waals surface area contributed by atoms with Crippen LogP contribution in [0.25, 0.3) is 0 Å². The van der Waals surface area contributed by atoms with Crippen molar-refractivity contribution >= 4 is 0 Å². The highest BCUT2D eigenvalue weighted by Gasteiger charge is 2.35. The van der Waals surface area contributed by atoms with Crippen LogP contribution in [0.15, 0.2) is 18.2 Å². The minimum Gasteiger partial charge on any atom is -0.324 e. The summed E-state index contributed by atoms with van der Waals surface area (Å²) in [4.78, 5) is 2.44. The van der Waals surface area contributed by atoms with Gasteiger partial charge in [0.2, 0.25) is 0 Å². The quantitative estimate of drug-likeness (QED) is 0.918. The number of rotatable bonds is 4. The molecule has 2 N–H and O–H groups in total. The van der Waals surface area contributed by atoms with Crippen LogP contribution in [0.3, 0.4) is 0 Å². The monoisotopic (exact) mass is 280 g/mol. The van der Waals surface area contributed by atoms with E-state index in [1.54, 1.807) is 6.07 Å². The average Bonchev–Trinajstić information content (AvgIpc) is 3.00. The molecule has 1 aliphatic heterocycles. The lowest BCUT2D eigenvalue weighted by Crippen LogP contribution is -2.26. The smallest absolute Gasteiger partial charge is 0.163 e. The summed E-state index contributed by atoms with van der Waals surface area (Å²) in [6, 6.07) is 3.81. The van der Waals surface area contributed by atoms with Gasteiger partial charge in [-0.3, -0.25) is 0 Å². The van der Waals surface area contributed by atoms with Gasteiger partial charge in [-0.05, 0) is 43.7 Å². The van der Waals surface area contributed by atoms with Crippen LogP contribution in [0, 0.1) is 23.5 Å². The van der Waals surface area contributed by atoms with Gasteiger partial charge in [-0.1, -0.05) is 18.6 Å². The van der Waals surface area contributed by atoms with Crippen LogP contribution in [0.1, 0.15) is 37.3 Å². The number of nitrogens with zero attached hydrogens (tertiary/aromatic N) is 1. The summed E-state index contributed by atoms with van der Waals surface area (Å²) >= 11 is 0. The fraction of sp³-hybridized carbons (Fsp3) is 0.625. The van der Waals surface area contributed by atoms with Crippen molar-refractivity contribution in [1.82, 2.24) is 4.90 Å². The molecule has 1 heterocycles. The summed E-state index contributed by atoms with van der Waals surface area (Å²) in [6.07, 6.45) is 4.76. The van der Waals surface area contributed by atoms with Gasteiger partial charge in [-0.15, -0.1) is 0 Å². The lowest BCUT2D eigenvalue weighted by atomic mass is 10.0. The third-order valence-corrected chi connectivity index (χ3v) is 4.94. The van der Waals surface area contributed by atoms with Gasteiger partial charge in [0.25, 0.3) is 0 Å². The molecule has 3 atom stereocenters. The normalized spacial score (nSPS) is 27.8. The predicted octanol–water partition coefficient (Wildman–Crippen LogP) is 3.09. The molecular formula is C16H22F2N2. The number of likely N-dealkylation sites (tertiary alicyclic amines) is 1. The molecule has 2 fully saturated rings. The first-order chi connectivity index (χ1) is 9.65. The zero-order valence-corrected chi connectivity index (χ0v) is 11.7. The van der Waals surface area contributed by atoms with E-state index in [1.165, 1.54) is 25.3 Å². The van der Waals surface area contributed by atoms with Crippen LogP contribution < -0.4 is 5.73 Å². The average molecular weight is 280 g/mol. The lowest BCUT2D eigenvalue weighted by molar-refractivity contribution is 0.296. The second-order valence-corrected chi connectivity index (χ2v) is 6.25. The highest BCUT2D eigenvalue weighted by molar-refractivity contribution is 5.22. The van der Waals surface area contributed by atoms with Crippen LogP contribution in [0.5, 0.6) is 0 Å². The summed E-state index contributed by atoms with van der Waals surface area (Å²) in [5.41, 5.74) is 6.32. The van der Waals surface area contributed by atoms with Crippen molar-refractivity contribution in [1.29, 1.82) is 0 Å². The topological polar surface area (TPSA) is 29.3 Å². The van der Waals surface area contributed by atoms with E-state index in [9.17, 15) is 8.78 Å². The molecule has 0 radical (unpaired) electrons. The Hall–Kier alpha value is -1.00. The van der Waals surface area contributed by atoms with Gasteiger partial charge in [0.05, 0.1) is 0 Å². The molecule has 1 aromatic carbocycles. The van der Waals surface area contributed by atoms with Gasteiger partial charge >= 0.3 is 0 Å². The molecule has 110 valence electrons. The van der Waals surface area contributed by atoms with Crippen molar-refractivity contribution in [3.63, 3.8) is 0 Å². The molecule has 3 unspecified atom stereocenters. The Morgan fingerprint density at radius 1 is 1.20 bits per heavy atom. The first kappa shape index (κ1) is 14.0. The molecule has 0 spiro atoms. The third kappa shape index (κ3) is 2.72. The molecule has 1 saturated carbocycles. The van der Waals surface area contributed by atoms with Gasteiger partial charge in [-0.25, -0.2) is 8.78 Å². The van der Waals surface area contributed by atoms with Crippen LogP contribution in [0.2, 0.25) is 0 Å². The molecule has 3 rings (SSSR count). The van der Waals surface area contributed by atoms with Crippen molar-refractivity contribution < 1.29 is 8.78 Å². The largest absolute Gasteiger partial charge is 0.324 e. The molecule has 1 aliphatic carbocycles. The Labute approximate surface area is 118 Å². The fourth-order valence-electron chi connectivity index (χ4n) is 3.80. The molecule has 2 aliphatic rings. The van der Waals surface area contributed by atoms with Gasteiger partial charge in [0.1, 0.15) is 0 Å². The minimum atomic E-state index is -0.811. The number of hydrogen-bond acceptors (Lipinski definition) is 2. The summed E-state index contributed by atoms with van der Waals surface area (Å²) in [7, 11) is 0. The second kappa shape index (κ2) is 5.78. The van der Waals surface area contributed by atoms with Crippen molar-refractivity contribution in [3.05, 3.63) is 35.4 Å². The SMILES string of the molecule is NC(CCN1CC2CCCC2C1)c1cccc(F)c1F. The maximum Gasteiger partial charge on any atom is 0.163 e. The van der Waals surface area contributed by atoms with E-state index in [4.69, 9.17) is 5.73 Å². The minimum absolute atomic E-state index is 0.296. The highest BCUT2D eigenvalue weighted by atomic mass is 19.2. The Morgan fingerprint density at radius 3 is 2.60 bits per heavy atom. The van der Waals surface area contributed by atoms with Crippen LogP contribution in [0.4, 0.5) is 8.78 Å². The van der Waals surface area contributed by atoms with Crippen molar-refractivity contribution in [2.45, 2.75) is 31.7 Å². The van der Waals surface area contributed by atoms with E-state index < -0.39 is 17.7 Å². The number of nitrogens with two attached hydrogens (primary N) is 1. The molecule has 2 nitrogen and oxygen atoms in total. The van der Waals surface area contributed by atoms with Crippen LogP contribution >= 0.6 is 0 Å². The molecule has 1 aromatic rings. The van der Waals surface area contributed by atoms with Gasteiger partial charge in [0, 0.05) is 24.7 Å². The van der Waals surface area contributed by atoms with Crippen molar-refractivity contribution in [3.8, 4) is 0 Å². The summed E-state index contributed by atoms with van der Waals surface area (Å²) < 4.78 is 26.9. The van der Waals surface area contributed by atoms with E-state index in [1.807, 2.05) is 0 Å². The maximum absolute atomic E-state index is 13.7. The first-order valence-corrected chi connectivity index (χ1v) is 7.57. The molecule has 20 heavy (non-hydrogen) atoms. The van der Waals surface area contributed by atoms with E-state index in [0.29, 0.717) is 12.0 Å². The second-order valence-electron chi connectivity index (χ2n) is 6.25. The zero-order valence-electron chi connectivity index (χ0n) is 11.7.